The second-order valence-corrected chi connectivity index (χ2v) is 11.3. The van der Waals surface area contributed by atoms with Gasteiger partial charge in [-0.05, 0) is 86.4 Å². The van der Waals surface area contributed by atoms with Crippen LogP contribution in [0.25, 0.3) is 0 Å². The zero-order chi connectivity index (χ0) is 22.5. The molecular weight excluding hydrogens is 420 g/mol. The molecule has 5 rings (SSSR count). The molecule has 2 aromatic rings. The number of allylic oxidation sites excluding steroid dienone is 2. The Morgan fingerprint density at radius 3 is 2.62 bits per heavy atom. The number of benzene rings is 2. The van der Waals surface area contributed by atoms with Gasteiger partial charge in [0.1, 0.15) is 0 Å². The summed E-state index contributed by atoms with van der Waals surface area (Å²) in [5.41, 5.74) is 7.38. The van der Waals surface area contributed by atoms with E-state index in [1.165, 1.54) is 22.3 Å². The van der Waals surface area contributed by atoms with Gasteiger partial charge >= 0.3 is 0 Å². The molecule has 32 heavy (non-hydrogen) atoms. The van der Waals surface area contributed by atoms with Gasteiger partial charge in [0.2, 0.25) is 10.0 Å². The van der Waals surface area contributed by atoms with Crippen LogP contribution in [0.3, 0.4) is 0 Å². The summed E-state index contributed by atoms with van der Waals surface area (Å²) < 4.78 is 34.3. The Bertz CT molecular complexity index is 1140. The summed E-state index contributed by atoms with van der Waals surface area (Å²) in [4.78, 5) is 0.330. The normalized spacial score (nSPS) is 26.6. The van der Waals surface area contributed by atoms with E-state index < -0.39 is 10.0 Å². The van der Waals surface area contributed by atoms with Gasteiger partial charge in [-0.15, -0.1) is 0 Å². The summed E-state index contributed by atoms with van der Waals surface area (Å²) in [5.74, 6) is 0.588. The Hall–Kier alpha value is -2.15. The zero-order valence-electron chi connectivity index (χ0n) is 19.0. The highest BCUT2D eigenvalue weighted by Crippen LogP contribution is 2.51. The van der Waals surface area contributed by atoms with Gasteiger partial charge in [0, 0.05) is 24.8 Å². The molecule has 2 heterocycles. The monoisotopic (exact) mass is 452 g/mol. The fourth-order valence-corrected chi connectivity index (χ4v) is 6.90. The fraction of sp³-hybridized carbons (Fsp3) is 0.462. The van der Waals surface area contributed by atoms with Gasteiger partial charge in [0.05, 0.1) is 17.0 Å². The zero-order valence-corrected chi connectivity index (χ0v) is 19.8. The maximum atomic E-state index is 13.0. The van der Waals surface area contributed by atoms with E-state index in [0.29, 0.717) is 24.0 Å². The summed E-state index contributed by atoms with van der Waals surface area (Å²) in [7, 11) is -3.58. The van der Waals surface area contributed by atoms with Gasteiger partial charge in [-0.25, -0.2) is 13.1 Å². The molecule has 0 radical (unpaired) electrons. The minimum absolute atomic E-state index is 0.0204. The smallest absolute Gasteiger partial charge is 0.240 e. The second kappa shape index (κ2) is 8.32. The molecule has 1 saturated heterocycles. The predicted molar refractivity (Wildman–Crippen MR) is 128 cm³/mol. The summed E-state index contributed by atoms with van der Waals surface area (Å²) >= 11 is 0. The molecule has 170 valence electrons. The number of fused-ring (bicyclic) bond motifs is 3. The minimum Gasteiger partial charge on any atom is -0.378 e. The van der Waals surface area contributed by atoms with Crippen molar-refractivity contribution in [3.05, 3.63) is 70.3 Å². The highest BCUT2D eigenvalue weighted by molar-refractivity contribution is 7.89. The number of anilines is 1. The summed E-state index contributed by atoms with van der Waals surface area (Å²) in [6.45, 7) is 7.58. The summed E-state index contributed by atoms with van der Waals surface area (Å²) in [6.07, 6.45) is 7.37. The van der Waals surface area contributed by atoms with Gasteiger partial charge in [-0.2, -0.15) is 0 Å². The van der Waals surface area contributed by atoms with E-state index in [1.54, 1.807) is 6.07 Å². The Balaban J connectivity index is 1.46. The van der Waals surface area contributed by atoms with E-state index >= 15 is 0 Å². The first-order chi connectivity index (χ1) is 15.3. The largest absolute Gasteiger partial charge is 0.378 e. The molecule has 5 nitrogen and oxygen atoms in total. The van der Waals surface area contributed by atoms with Gasteiger partial charge in [-0.1, -0.05) is 29.8 Å². The molecule has 2 aromatic carbocycles. The standard InChI is InChI=1S/C26H32N2O3S/c1-16-12-17(2)25(18(3)13-16)26-22-8-4-7-21(22)23-14-20(9-10-24(23)28-26)32(29,30)27-15-19-6-5-11-31-19/h4,7,9-10,12-14,19,21-22,26-28H,5-6,8,11,15H2,1-3H3. The number of aryl methyl sites for hydroxylation is 3. The molecule has 0 amide bonds. The van der Waals surface area contributed by atoms with Crippen LogP contribution in [0.5, 0.6) is 0 Å². The summed E-state index contributed by atoms with van der Waals surface area (Å²) in [6, 6.07) is 10.2. The molecule has 3 aliphatic rings. The SMILES string of the molecule is Cc1cc(C)c(C2Nc3ccc(S(=O)(=O)NCC4CCCO4)cc3C3C=CCC32)c(C)c1. The molecule has 0 saturated carbocycles. The third-order valence-electron chi connectivity index (χ3n) is 7.22. The van der Waals surface area contributed by atoms with Crippen molar-refractivity contribution < 1.29 is 13.2 Å². The molecule has 4 atom stereocenters. The molecule has 0 aromatic heterocycles. The molecule has 6 heteroatoms. The van der Waals surface area contributed by atoms with Crippen LogP contribution >= 0.6 is 0 Å². The average Bonchev–Trinajstić information content (AvgIpc) is 3.43. The second-order valence-electron chi connectivity index (χ2n) is 9.52. The highest BCUT2D eigenvalue weighted by atomic mass is 32.2. The quantitative estimate of drug-likeness (QED) is 0.634. The van der Waals surface area contributed by atoms with E-state index in [1.807, 2.05) is 12.1 Å². The topological polar surface area (TPSA) is 67.4 Å². The molecule has 4 unspecified atom stereocenters. The van der Waals surface area contributed by atoms with Crippen LogP contribution in [0, 0.1) is 26.7 Å². The van der Waals surface area contributed by atoms with Gasteiger partial charge < -0.3 is 10.1 Å². The first-order valence-electron chi connectivity index (χ1n) is 11.6. The Labute approximate surface area is 191 Å². The van der Waals surface area contributed by atoms with Crippen molar-refractivity contribution in [3.63, 3.8) is 0 Å². The van der Waals surface area contributed by atoms with E-state index in [0.717, 1.165) is 30.5 Å². The van der Waals surface area contributed by atoms with Crippen molar-refractivity contribution in [1.82, 2.24) is 4.72 Å². The van der Waals surface area contributed by atoms with E-state index in [2.05, 4.69) is 55.1 Å². The van der Waals surface area contributed by atoms with E-state index in [4.69, 9.17) is 4.74 Å². The van der Waals surface area contributed by atoms with E-state index in [9.17, 15) is 8.42 Å². The van der Waals surface area contributed by atoms with Crippen molar-refractivity contribution in [3.8, 4) is 0 Å². The Morgan fingerprint density at radius 1 is 1.12 bits per heavy atom. The van der Waals surface area contributed by atoms with Crippen molar-refractivity contribution in [1.29, 1.82) is 0 Å². The van der Waals surface area contributed by atoms with Crippen molar-refractivity contribution >= 4 is 15.7 Å². The van der Waals surface area contributed by atoms with Crippen LogP contribution in [0.2, 0.25) is 0 Å². The lowest BCUT2D eigenvalue weighted by Crippen LogP contribution is -2.33. The molecule has 1 aliphatic carbocycles. The van der Waals surface area contributed by atoms with Crippen molar-refractivity contribution in [2.45, 2.75) is 63.0 Å². The lowest BCUT2D eigenvalue weighted by atomic mass is 9.75. The summed E-state index contributed by atoms with van der Waals surface area (Å²) in [5, 5.41) is 3.77. The van der Waals surface area contributed by atoms with Gasteiger partial charge in [0.15, 0.2) is 0 Å². The molecule has 0 bridgehead atoms. The van der Waals surface area contributed by atoms with Crippen LogP contribution < -0.4 is 10.0 Å². The number of nitrogens with one attached hydrogen (secondary N) is 2. The lowest BCUT2D eigenvalue weighted by molar-refractivity contribution is 0.114. The van der Waals surface area contributed by atoms with Crippen LogP contribution in [0.1, 0.15) is 59.0 Å². The highest BCUT2D eigenvalue weighted by Gasteiger charge is 2.39. The van der Waals surface area contributed by atoms with Crippen molar-refractivity contribution in [2.24, 2.45) is 5.92 Å². The Morgan fingerprint density at radius 2 is 1.91 bits per heavy atom. The molecule has 1 fully saturated rings. The number of hydrogen-bond donors (Lipinski definition) is 2. The van der Waals surface area contributed by atoms with Crippen LogP contribution in [-0.2, 0) is 14.8 Å². The maximum Gasteiger partial charge on any atom is 0.240 e. The van der Waals surface area contributed by atoms with Gasteiger partial charge in [0.25, 0.3) is 0 Å². The first-order valence-corrected chi connectivity index (χ1v) is 13.1. The van der Waals surface area contributed by atoms with Crippen LogP contribution in [-0.4, -0.2) is 27.7 Å². The first kappa shape index (κ1) is 21.7. The van der Waals surface area contributed by atoms with Crippen LogP contribution in [0.15, 0.2) is 47.4 Å². The third kappa shape index (κ3) is 3.89. The molecule has 2 N–H and O–H groups in total. The number of rotatable bonds is 5. The molecule has 2 aliphatic heterocycles. The average molecular weight is 453 g/mol. The Kier molecular flexibility index (Phi) is 5.64. The maximum absolute atomic E-state index is 13.0. The molecule has 0 spiro atoms. The third-order valence-corrected chi connectivity index (χ3v) is 8.64. The predicted octanol–water partition coefficient (Wildman–Crippen LogP) is 4.90. The number of sulfonamides is 1. The van der Waals surface area contributed by atoms with E-state index in [-0.39, 0.29) is 18.1 Å². The van der Waals surface area contributed by atoms with Gasteiger partial charge in [-0.3, -0.25) is 0 Å². The number of ether oxygens (including phenoxy) is 1. The fourth-order valence-electron chi connectivity index (χ4n) is 5.80. The van der Waals surface area contributed by atoms with Crippen molar-refractivity contribution in [2.75, 3.05) is 18.5 Å². The lowest BCUT2D eigenvalue weighted by Gasteiger charge is -2.39. The van der Waals surface area contributed by atoms with Crippen LogP contribution in [0.4, 0.5) is 5.69 Å². The number of hydrogen-bond acceptors (Lipinski definition) is 4. The minimum atomic E-state index is -3.58. The molecular formula is C26H32N2O3S.